The van der Waals surface area contributed by atoms with E-state index in [9.17, 15) is 0 Å². The average Bonchev–Trinajstić information content (AvgIpc) is 3.04. The van der Waals surface area contributed by atoms with E-state index < -0.39 is 0 Å². The van der Waals surface area contributed by atoms with Crippen LogP contribution in [0.5, 0.6) is 0 Å². The molecule has 1 N–H and O–H groups in total. The first-order valence-electron chi connectivity index (χ1n) is 7.11. The van der Waals surface area contributed by atoms with Gasteiger partial charge in [-0.25, -0.2) is 9.97 Å². The first-order valence-corrected chi connectivity index (χ1v) is 7.49. The number of nitrogens with one attached hydrogen (secondary N) is 1. The molecule has 8 heteroatoms. The summed E-state index contributed by atoms with van der Waals surface area (Å²) in [6.45, 7) is 4.09. The molecular formula is C15H15ClN6O. The third-order valence-corrected chi connectivity index (χ3v) is 3.39. The highest BCUT2D eigenvalue weighted by molar-refractivity contribution is 6.30. The van der Waals surface area contributed by atoms with E-state index in [4.69, 9.17) is 16.1 Å². The molecule has 23 heavy (non-hydrogen) atoms. The third kappa shape index (κ3) is 3.62. The molecule has 0 bridgehead atoms. The van der Waals surface area contributed by atoms with Crippen molar-refractivity contribution in [2.45, 2.75) is 19.9 Å². The zero-order valence-electron chi connectivity index (χ0n) is 12.6. The molecule has 0 amide bonds. The molecular weight excluding hydrogens is 316 g/mol. The number of halogens is 1. The minimum absolute atomic E-state index is 0.191. The minimum Gasteiger partial charge on any atom is -0.342 e. The molecule has 3 heterocycles. The molecule has 0 radical (unpaired) electrons. The lowest BCUT2D eigenvalue weighted by molar-refractivity contribution is 0.335. The lowest BCUT2D eigenvalue weighted by Gasteiger charge is -2.18. The van der Waals surface area contributed by atoms with Crippen molar-refractivity contribution in [3.05, 3.63) is 47.8 Å². The summed E-state index contributed by atoms with van der Waals surface area (Å²) in [7, 11) is 0. The molecule has 0 saturated heterocycles. The highest BCUT2D eigenvalue weighted by Gasteiger charge is 2.23. The molecule has 0 spiro atoms. The lowest BCUT2D eigenvalue weighted by Crippen LogP contribution is -2.18. The number of pyridine rings is 1. The molecule has 3 rings (SSSR count). The van der Waals surface area contributed by atoms with Gasteiger partial charge in [-0.1, -0.05) is 30.6 Å². The smallest absolute Gasteiger partial charge is 0.249 e. The lowest BCUT2D eigenvalue weighted by atomic mass is 10.0. The molecule has 0 saturated carbocycles. The Labute approximate surface area is 138 Å². The maximum Gasteiger partial charge on any atom is 0.249 e. The summed E-state index contributed by atoms with van der Waals surface area (Å²) in [4.78, 5) is 16.8. The van der Waals surface area contributed by atoms with Crippen LogP contribution in [-0.2, 0) is 0 Å². The second kappa shape index (κ2) is 6.70. The van der Waals surface area contributed by atoms with Gasteiger partial charge in [0, 0.05) is 18.0 Å². The third-order valence-electron chi connectivity index (χ3n) is 3.20. The van der Waals surface area contributed by atoms with Crippen molar-refractivity contribution in [1.29, 1.82) is 0 Å². The van der Waals surface area contributed by atoms with Crippen molar-refractivity contribution in [1.82, 2.24) is 25.1 Å². The number of aromatic nitrogens is 5. The normalized spacial score (nSPS) is 12.3. The maximum absolute atomic E-state index is 5.80. The van der Waals surface area contributed by atoms with E-state index in [0.717, 1.165) is 5.56 Å². The monoisotopic (exact) mass is 330 g/mol. The molecule has 1 atom stereocenters. The van der Waals surface area contributed by atoms with Crippen LogP contribution in [0.3, 0.4) is 0 Å². The summed E-state index contributed by atoms with van der Waals surface area (Å²) in [5, 5.41) is 7.69. The van der Waals surface area contributed by atoms with Gasteiger partial charge < -0.3 is 9.84 Å². The van der Waals surface area contributed by atoms with Crippen molar-refractivity contribution in [2.24, 2.45) is 5.92 Å². The maximum atomic E-state index is 5.80. The highest BCUT2D eigenvalue weighted by Crippen LogP contribution is 2.26. The summed E-state index contributed by atoms with van der Waals surface area (Å²) in [6.07, 6.45) is 6.45. The fourth-order valence-electron chi connectivity index (χ4n) is 2.01. The topological polar surface area (TPSA) is 89.6 Å². The summed E-state index contributed by atoms with van der Waals surface area (Å²) in [5.74, 6) is 1.61. The zero-order chi connectivity index (χ0) is 16.2. The van der Waals surface area contributed by atoms with Crippen LogP contribution in [0.25, 0.3) is 11.4 Å². The van der Waals surface area contributed by atoms with E-state index >= 15 is 0 Å². The Kier molecular flexibility index (Phi) is 4.47. The number of hydrogen-bond donors (Lipinski definition) is 1. The van der Waals surface area contributed by atoms with Crippen LogP contribution in [-0.4, -0.2) is 25.1 Å². The first-order chi connectivity index (χ1) is 11.1. The molecule has 3 aromatic rings. The number of anilines is 1. The molecule has 0 aliphatic carbocycles. The Balaban J connectivity index is 1.84. The molecule has 0 aliphatic rings. The quantitative estimate of drug-likeness (QED) is 0.766. The van der Waals surface area contributed by atoms with E-state index in [1.54, 1.807) is 12.4 Å². The van der Waals surface area contributed by atoms with Crippen LogP contribution >= 0.6 is 11.6 Å². The van der Waals surface area contributed by atoms with Crippen LogP contribution in [0.15, 0.2) is 41.4 Å². The van der Waals surface area contributed by atoms with Gasteiger partial charge in [-0.05, 0) is 18.1 Å². The van der Waals surface area contributed by atoms with E-state index in [1.807, 2.05) is 26.0 Å². The number of nitrogens with zero attached hydrogens (tertiary/aromatic N) is 5. The second-order valence-electron chi connectivity index (χ2n) is 5.29. The largest absolute Gasteiger partial charge is 0.342 e. The van der Waals surface area contributed by atoms with E-state index in [-0.39, 0.29) is 12.0 Å². The van der Waals surface area contributed by atoms with Crippen molar-refractivity contribution in [3.8, 4) is 11.4 Å². The average molecular weight is 331 g/mol. The Morgan fingerprint density at radius 3 is 2.61 bits per heavy atom. The van der Waals surface area contributed by atoms with Crippen molar-refractivity contribution in [3.63, 3.8) is 0 Å². The van der Waals surface area contributed by atoms with E-state index in [1.165, 1.54) is 12.4 Å². The fraction of sp³-hybridized carbons (Fsp3) is 0.267. The highest BCUT2D eigenvalue weighted by atomic mass is 35.5. The molecule has 1 unspecified atom stereocenters. The molecule has 0 aromatic carbocycles. The summed E-state index contributed by atoms with van der Waals surface area (Å²) in [5.41, 5.74) is 0.799. The van der Waals surface area contributed by atoms with E-state index in [2.05, 4.69) is 30.4 Å². The predicted molar refractivity (Wildman–Crippen MR) is 85.8 cm³/mol. The Hall–Kier alpha value is -2.54. The van der Waals surface area contributed by atoms with E-state index in [0.29, 0.717) is 22.7 Å². The predicted octanol–water partition coefficient (Wildman–Crippen LogP) is 3.38. The zero-order valence-corrected chi connectivity index (χ0v) is 13.4. The van der Waals surface area contributed by atoms with Gasteiger partial charge in [0.15, 0.2) is 0 Å². The van der Waals surface area contributed by atoms with Gasteiger partial charge in [0.05, 0.1) is 17.4 Å². The Morgan fingerprint density at radius 1 is 1.17 bits per heavy atom. The number of hydrogen-bond acceptors (Lipinski definition) is 7. The van der Waals surface area contributed by atoms with Gasteiger partial charge >= 0.3 is 0 Å². The SMILES string of the molecule is CC(C)C(Nc1ncc(Cl)cn1)c1nc(-c2cccnc2)no1. The van der Waals surface area contributed by atoms with Crippen LogP contribution in [0, 0.1) is 5.92 Å². The van der Waals surface area contributed by atoms with Gasteiger partial charge in [0.25, 0.3) is 0 Å². The van der Waals surface area contributed by atoms with Crippen LogP contribution in [0.2, 0.25) is 5.02 Å². The minimum atomic E-state index is -0.214. The fourth-order valence-corrected chi connectivity index (χ4v) is 2.11. The first kappa shape index (κ1) is 15.4. The van der Waals surface area contributed by atoms with Gasteiger partial charge in [0.1, 0.15) is 6.04 Å². The van der Waals surface area contributed by atoms with Crippen LogP contribution in [0.1, 0.15) is 25.8 Å². The summed E-state index contributed by atoms with van der Waals surface area (Å²) < 4.78 is 5.41. The standard InChI is InChI=1S/C15H15ClN6O/c1-9(2)12(20-15-18-7-11(16)8-19-15)14-21-13(22-23-14)10-4-3-5-17-6-10/h3-9,12H,1-2H3,(H,18,19,20). The van der Waals surface area contributed by atoms with Gasteiger partial charge in [-0.2, -0.15) is 4.98 Å². The molecule has 0 fully saturated rings. The Morgan fingerprint density at radius 2 is 1.96 bits per heavy atom. The van der Waals surface area contributed by atoms with Crippen LogP contribution in [0.4, 0.5) is 5.95 Å². The molecule has 3 aromatic heterocycles. The van der Waals surface area contributed by atoms with Gasteiger partial charge in [0.2, 0.25) is 17.7 Å². The van der Waals surface area contributed by atoms with Crippen LogP contribution < -0.4 is 5.32 Å². The summed E-state index contributed by atoms with van der Waals surface area (Å²) in [6, 6.07) is 3.49. The molecule has 118 valence electrons. The second-order valence-corrected chi connectivity index (χ2v) is 5.73. The van der Waals surface area contributed by atoms with Gasteiger partial charge in [-0.3, -0.25) is 4.98 Å². The summed E-state index contributed by atoms with van der Waals surface area (Å²) >= 11 is 5.80. The van der Waals surface area contributed by atoms with Crippen molar-refractivity contribution >= 4 is 17.5 Å². The molecule has 0 aliphatic heterocycles. The van der Waals surface area contributed by atoms with Gasteiger partial charge in [-0.15, -0.1) is 0 Å². The Bertz CT molecular complexity index is 759. The van der Waals surface area contributed by atoms with Crippen molar-refractivity contribution < 1.29 is 4.52 Å². The van der Waals surface area contributed by atoms with Crippen molar-refractivity contribution in [2.75, 3.05) is 5.32 Å². The number of rotatable bonds is 5. The molecule has 7 nitrogen and oxygen atoms in total.